The highest BCUT2D eigenvalue weighted by Crippen LogP contribution is 2.29. The zero-order valence-electron chi connectivity index (χ0n) is 17.1. The number of carbonyl (C=O) groups is 1. The second-order valence-corrected chi connectivity index (χ2v) is 7.85. The third-order valence-corrected chi connectivity index (χ3v) is 5.50. The van der Waals surface area contributed by atoms with Gasteiger partial charge in [0, 0.05) is 6.42 Å². The van der Waals surface area contributed by atoms with Crippen LogP contribution < -0.4 is 4.74 Å². The number of aliphatic carboxylic acids is 1. The van der Waals surface area contributed by atoms with Crippen LogP contribution in [0.25, 0.3) is 0 Å². The molecule has 12 heteroatoms. The van der Waals surface area contributed by atoms with Gasteiger partial charge in [0.1, 0.15) is 41.9 Å². The minimum atomic E-state index is -1.89. The molecule has 180 valence electrons. The van der Waals surface area contributed by atoms with E-state index < -0.39 is 67.9 Å². The van der Waals surface area contributed by atoms with Crippen molar-refractivity contribution in [2.24, 2.45) is 0 Å². The molecule has 7 N–H and O–H groups in total. The number of para-hydroxylation sites is 1. The molecule has 0 saturated carbocycles. The fraction of sp³-hybridized carbons (Fsp3) is 0.650. The molecule has 0 bridgehead atoms. The van der Waals surface area contributed by atoms with Crippen molar-refractivity contribution in [3.8, 4) is 5.75 Å². The lowest BCUT2D eigenvalue weighted by molar-refractivity contribution is -0.289. The van der Waals surface area contributed by atoms with Crippen molar-refractivity contribution in [2.75, 3.05) is 19.8 Å². The summed E-state index contributed by atoms with van der Waals surface area (Å²) in [5.74, 6) is -0.752. The van der Waals surface area contributed by atoms with Gasteiger partial charge in [-0.1, -0.05) is 18.2 Å². The van der Waals surface area contributed by atoms with Gasteiger partial charge in [-0.3, -0.25) is 4.79 Å². The normalized spacial score (nSPS) is 37.4. The van der Waals surface area contributed by atoms with Gasteiger partial charge in [0.05, 0.1) is 19.8 Å². The van der Waals surface area contributed by atoms with E-state index in [-0.39, 0.29) is 25.2 Å². The maximum absolute atomic E-state index is 10.9. The number of aliphatic hydroxyl groups excluding tert-OH is 5. The number of aryl methyl sites for hydroxylation is 1. The van der Waals surface area contributed by atoms with Crippen LogP contribution in [0.5, 0.6) is 5.75 Å². The van der Waals surface area contributed by atoms with Crippen LogP contribution in [-0.2, 0) is 25.4 Å². The largest absolute Gasteiger partial charge is 0.481 e. The van der Waals surface area contributed by atoms with Crippen LogP contribution in [0.3, 0.4) is 0 Å². The Bertz CT molecular complexity index is 775. The number of rotatable bonds is 9. The Morgan fingerprint density at radius 1 is 1.09 bits per heavy atom. The quantitative estimate of drug-likeness (QED) is 0.202. The predicted octanol–water partition coefficient (Wildman–Crippen LogP) is -2.65. The molecule has 0 aliphatic carbocycles. The van der Waals surface area contributed by atoms with Gasteiger partial charge >= 0.3 is 5.97 Å². The molecule has 2 aliphatic rings. The number of benzene rings is 1. The average Bonchev–Trinajstić information content (AvgIpc) is 3.07. The number of carboxylic acids is 1. The third kappa shape index (κ3) is 5.36. The zero-order chi connectivity index (χ0) is 23.5. The van der Waals surface area contributed by atoms with Crippen LogP contribution >= 0.6 is 0 Å². The highest BCUT2D eigenvalue weighted by atomic mass is 16.7. The molecule has 0 amide bonds. The first kappa shape index (κ1) is 24.8. The molecule has 1 aromatic carbocycles. The minimum Gasteiger partial charge on any atom is -0.481 e. The molecule has 2 aliphatic heterocycles. The average molecular weight is 460 g/mol. The van der Waals surface area contributed by atoms with Crippen molar-refractivity contribution >= 4 is 5.97 Å². The molecular formula is C20H28O12. The number of carboxylic acid groups (broad SMARTS) is 1. The van der Waals surface area contributed by atoms with E-state index in [1.165, 1.54) is 0 Å². The van der Waals surface area contributed by atoms with Crippen LogP contribution in [0.4, 0.5) is 0 Å². The number of hydrogen-bond acceptors (Lipinski definition) is 11. The van der Waals surface area contributed by atoms with Crippen LogP contribution in [0.15, 0.2) is 24.3 Å². The van der Waals surface area contributed by atoms with Gasteiger partial charge in [0.15, 0.2) is 6.29 Å². The van der Waals surface area contributed by atoms with Crippen LogP contribution in [0, 0.1) is 0 Å². The zero-order valence-corrected chi connectivity index (χ0v) is 17.1. The van der Waals surface area contributed by atoms with Gasteiger partial charge in [0.25, 0.3) is 0 Å². The molecule has 0 radical (unpaired) electrons. The fourth-order valence-electron chi connectivity index (χ4n) is 3.47. The van der Waals surface area contributed by atoms with Crippen LogP contribution in [0.1, 0.15) is 12.0 Å². The van der Waals surface area contributed by atoms with E-state index in [0.29, 0.717) is 5.56 Å². The van der Waals surface area contributed by atoms with E-state index in [0.717, 1.165) is 0 Å². The first-order valence-electron chi connectivity index (χ1n) is 10.1. The summed E-state index contributed by atoms with van der Waals surface area (Å²) in [4.78, 5) is 10.9. The Morgan fingerprint density at radius 2 is 1.81 bits per heavy atom. The van der Waals surface area contributed by atoms with Gasteiger partial charge in [-0.25, -0.2) is 0 Å². The Balaban J connectivity index is 1.65. The predicted molar refractivity (Wildman–Crippen MR) is 103 cm³/mol. The molecule has 12 nitrogen and oxygen atoms in total. The molecule has 0 spiro atoms. The second-order valence-electron chi connectivity index (χ2n) is 7.85. The van der Waals surface area contributed by atoms with Crippen molar-refractivity contribution in [3.05, 3.63) is 29.8 Å². The maximum atomic E-state index is 10.9. The molecule has 32 heavy (non-hydrogen) atoms. The molecule has 1 aromatic rings. The van der Waals surface area contributed by atoms with Crippen LogP contribution in [-0.4, -0.2) is 110 Å². The number of ether oxygens (including phenoxy) is 4. The summed E-state index contributed by atoms with van der Waals surface area (Å²) in [6, 6.07) is 6.54. The van der Waals surface area contributed by atoms with Gasteiger partial charge in [-0.15, -0.1) is 0 Å². The van der Waals surface area contributed by atoms with E-state index in [1.807, 2.05) is 0 Å². The van der Waals surface area contributed by atoms with Crippen molar-refractivity contribution in [1.82, 2.24) is 0 Å². The lowest BCUT2D eigenvalue weighted by Crippen LogP contribution is -2.60. The number of aliphatic hydroxyl groups is 6. The molecule has 0 aromatic heterocycles. The van der Waals surface area contributed by atoms with Gasteiger partial charge in [-0.05, 0) is 18.1 Å². The molecule has 2 heterocycles. The Hall–Kier alpha value is -1.87. The van der Waals surface area contributed by atoms with Crippen molar-refractivity contribution in [3.63, 3.8) is 0 Å². The van der Waals surface area contributed by atoms with E-state index >= 15 is 0 Å². The van der Waals surface area contributed by atoms with Crippen molar-refractivity contribution in [2.45, 2.75) is 61.5 Å². The summed E-state index contributed by atoms with van der Waals surface area (Å²) >= 11 is 0. The monoisotopic (exact) mass is 460 g/mol. The minimum absolute atomic E-state index is 0.143. The fourth-order valence-corrected chi connectivity index (χ4v) is 3.47. The second kappa shape index (κ2) is 10.4. The molecular weight excluding hydrogens is 432 g/mol. The standard InChI is InChI=1S/C20H28O12/c21-8-20(28)9-30-19(17(20)27)29-7-12-14(24)15(25)16(26)18(32-12)31-11-4-2-1-3-10(11)5-6-13(22)23/h1-4,12,14-19,21,24-28H,5-9H2,(H,22,23)/t12-,14-,15+,16-,17+,18-,19-,20-/m1/s1. The lowest BCUT2D eigenvalue weighted by atomic mass is 9.99. The summed E-state index contributed by atoms with van der Waals surface area (Å²) in [5.41, 5.74) is -1.34. The van der Waals surface area contributed by atoms with E-state index in [9.17, 15) is 35.4 Å². The highest BCUT2D eigenvalue weighted by molar-refractivity contribution is 5.67. The Labute approximate surface area is 183 Å². The van der Waals surface area contributed by atoms with Gasteiger partial charge < -0.3 is 54.7 Å². The van der Waals surface area contributed by atoms with Gasteiger partial charge in [0.2, 0.25) is 6.29 Å². The molecule has 8 atom stereocenters. The number of hydrogen-bond donors (Lipinski definition) is 7. The smallest absolute Gasteiger partial charge is 0.303 e. The summed E-state index contributed by atoms with van der Waals surface area (Å²) in [5, 5.41) is 68.9. The first-order valence-corrected chi connectivity index (χ1v) is 10.1. The topological polar surface area (TPSA) is 196 Å². The summed E-state index contributed by atoms with van der Waals surface area (Å²) in [7, 11) is 0. The maximum Gasteiger partial charge on any atom is 0.303 e. The van der Waals surface area contributed by atoms with E-state index in [1.54, 1.807) is 24.3 Å². The summed E-state index contributed by atoms with van der Waals surface area (Å²) < 4.78 is 21.7. The van der Waals surface area contributed by atoms with E-state index in [2.05, 4.69) is 0 Å². The SMILES string of the molecule is O=C(O)CCc1ccccc1O[C@@H]1O[C@H](CO[C@@H]2OC[C@](O)(CO)[C@H]2O)[C@@H](O)[C@H](O)[C@H]1O. The molecule has 2 saturated heterocycles. The molecule has 0 unspecified atom stereocenters. The lowest BCUT2D eigenvalue weighted by Gasteiger charge is -2.40. The Morgan fingerprint density at radius 3 is 2.47 bits per heavy atom. The summed E-state index contributed by atoms with van der Waals surface area (Å²) in [6.45, 7) is -1.53. The Kier molecular flexibility index (Phi) is 8.03. The van der Waals surface area contributed by atoms with Gasteiger partial charge in [-0.2, -0.15) is 0 Å². The van der Waals surface area contributed by atoms with Crippen molar-refractivity contribution in [1.29, 1.82) is 0 Å². The van der Waals surface area contributed by atoms with Crippen molar-refractivity contribution < 1.29 is 59.5 Å². The summed E-state index contributed by atoms with van der Waals surface area (Å²) in [6.07, 6.45) is -10.3. The molecule has 2 fully saturated rings. The highest BCUT2D eigenvalue weighted by Gasteiger charge is 2.50. The third-order valence-electron chi connectivity index (χ3n) is 5.50. The molecule has 3 rings (SSSR count). The van der Waals surface area contributed by atoms with E-state index in [4.69, 9.17) is 24.1 Å². The van der Waals surface area contributed by atoms with Crippen LogP contribution in [0.2, 0.25) is 0 Å². The first-order chi connectivity index (χ1) is 15.2.